The van der Waals surface area contributed by atoms with Gasteiger partial charge in [-0.1, -0.05) is 6.42 Å². The fraction of sp³-hybridized carbons (Fsp3) is 1.00. The van der Waals surface area contributed by atoms with Crippen molar-refractivity contribution in [2.75, 3.05) is 33.3 Å². The first kappa shape index (κ1) is 13.3. The second kappa shape index (κ2) is 7.34. The standard InChI is InChI=1S/C14H28N2O/c1-16-10-3-2-6-13(16)12-15-9-4-7-14-8-5-11-17-14/h13-15H,2-12H2,1H3. The molecule has 0 aromatic carbocycles. The maximum atomic E-state index is 5.63. The van der Waals surface area contributed by atoms with Crippen molar-refractivity contribution < 1.29 is 4.74 Å². The van der Waals surface area contributed by atoms with Crippen LogP contribution in [0.1, 0.15) is 44.9 Å². The summed E-state index contributed by atoms with van der Waals surface area (Å²) in [5.41, 5.74) is 0. The summed E-state index contributed by atoms with van der Waals surface area (Å²) in [6.07, 6.45) is 9.79. The molecule has 2 aliphatic rings. The van der Waals surface area contributed by atoms with Gasteiger partial charge in [-0.15, -0.1) is 0 Å². The third-order valence-electron chi connectivity index (χ3n) is 4.21. The summed E-state index contributed by atoms with van der Waals surface area (Å²) in [5.74, 6) is 0. The Bertz CT molecular complexity index is 204. The van der Waals surface area contributed by atoms with E-state index in [1.807, 2.05) is 0 Å². The molecule has 3 heteroatoms. The van der Waals surface area contributed by atoms with Crippen LogP contribution in [0.2, 0.25) is 0 Å². The number of likely N-dealkylation sites (N-methyl/N-ethyl adjacent to an activating group) is 1. The molecule has 0 aromatic heterocycles. The second-order valence-electron chi connectivity index (χ2n) is 5.61. The van der Waals surface area contributed by atoms with Crippen molar-refractivity contribution in [2.24, 2.45) is 0 Å². The van der Waals surface area contributed by atoms with Crippen LogP contribution in [0.15, 0.2) is 0 Å². The maximum Gasteiger partial charge on any atom is 0.0576 e. The average Bonchev–Trinajstić information content (AvgIpc) is 2.84. The molecule has 2 saturated heterocycles. The zero-order chi connectivity index (χ0) is 11.9. The van der Waals surface area contributed by atoms with E-state index in [9.17, 15) is 0 Å². The lowest BCUT2D eigenvalue weighted by Crippen LogP contribution is -2.43. The van der Waals surface area contributed by atoms with E-state index in [1.54, 1.807) is 0 Å². The Balaban J connectivity index is 1.47. The van der Waals surface area contributed by atoms with Gasteiger partial charge in [-0.05, 0) is 58.7 Å². The van der Waals surface area contributed by atoms with Crippen molar-refractivity contribution in [3.05, 3.63) is 0 Å². The fourth-order valence-electron chi connectivity index (χ4n) is 3.00. The van der Waals surface area contributed by atoms with Gasteiger partial charge < -0.3 is 15.0 Å². The molecule has 2 heterocycles. The highest BCUT2D eigenvalue weighted by molar-refractivity contribution is 4.76. The Kier molecular flexibility index (Phi) is 5.75. The van der Waals surface area contributed by atoms with E-state index in [0.29, 0.717) is 6.10 Å². The Hall–Kier alpha value is -0.120. The lowest BCUT2D eigenvalue weighted by molar-refractivity contribution is 0.102. The molecule has 3 nitrogen and oxygen atoms in total. The Morgan fingerprint density at radius 1 is 1.24 bits per heavy atom. The van der Waals surface area contributed by atoms with Gasteiger partial charge in [0.15, 0.2) is 0 Å². The summed E-state index contributed by atoms with van der Waals surface area (Å²) in [4.78, 5) is 2.51. The summed E-state index contributed by atoms with van der Waals surface area (Å²) in [6.45, 7) is 4.60. The maximum absolute atomic E-state index is 5.63. The van der Waals surface area contributed by atoms with Crippen LogP contribution in [0.3, 0.4) is 0 Å². The topological polar surface area (TPSA) is 24.5 Å². The molecular weight excluding hydrogens is 212 g/mol. The molecular formula is C14H28N2O. The van der Waals surface area contributed by atoms with Crippen molar-refractivity contribution in [1.82, 2.24) is 10.2 Å². The van der Waals surface area contributed by atoms with Gasteiger partial charge in [0, 0.05) is 19.2 Å². The number of ether oxygens (including phenoxy) is 1. The third-order valence-corrected chi connectivity index (χ3v) is 4.21. The number of likely N-dealkylation sites (tertiary alicyclic amines) is 1. The number of hydrogen-bond acceptors (Lipinski definition) is 3. The van der Waals surface area contributed by atoms with Crippen LogP contribution in [-0.4, -0.2) is 50.3 Å². The van der Waals surface area contributed by atoms with Crippen molar-refractivity contribution >= 4 is 0 Å². The average molecular weight is 240 g/mol. The van der Waals surface area contributed by atoms with E-state index >= 15 is 0 Å². The van der Waals surface area contributed by atoms with Crippen molar-refractivity contribution in [3.63, 3.8) is 0 Å². The molecule has 1 N–H and O–H groups in total. The number of piperidine rings is 1. The monoisotopic (exact) mass is 240 g/mol. The van der Waals surface area contributed by atoms with Gasteiger partial charge in [-0.3, -0.25) is 0 Å². The minimum atomic E-state index is 0.564. The van der Waals surface area contributed by atoms with Crippen LogP contribution < -0.4 is 5.32 Å². The van der Waals surface area contributed by atoms with E-state index in [0.717, 1.165) is 19.2 Å². The molecule has 0 saturated carbocycles. The van der Waals surface area contributed by atoms with Crippen molar-refractivity contribution in [3.8, 4) is 0 Å². The van der Waals surface area contributed by atoms with E-state index in [1.165, 1.54) is 58.0 Å². The third kappa shape index (κ3) is 4.57. The van der Waals surface area contributed by atoms with Crippen LogP contribution in [0, 0.1) is 0 Å². The molecule has 0 aliphatic carbocycles. The van der Waals surface area contributed by atoms with Gasteiger partial charge in [0.2, 0.25) is 0 Å². The number of nitrogens with one attached hydrogen (secondary N) is 1. The summed E-state index contributed by atoms with van der Waals surface area (Å²) < 4.78 is 5.63. The fourth-order valence-corrected chi connectivity index (χ4v) is 3.00. The number of hydrogen-bond donors (Lipinski definition) is 1. The summed E-state index contributed by atoms with van der Waals surface area (Å²) in [6, 6.07) is 0.770. The first-order chi connectivity index (χ1) is 8.36. The lowest BCUT2D eigenvalue weighted by Gasteiger charge is -2.32. The molecule has 2 rings (SSSR count). The smallest absolute Gasteiger partial charge is 0.0576 e. The molecule has 0 amide bonds. The highest BCUT2D eigenvalue weighted by Gasteiger charge is 2.18. The predicted molar refractivity (Wildman–Crippen MR) is 71.3 cm³/mol. The molecule has 2 unspecified atom stereocenters. The van der Waals surface area contributed by atoms with Crippen LogP contribution in [0.5, 0.6) is 0 Å². The highest BCUT2D eigenvalue weighted by atomic mass is 16.5. The number of nitrogens with zero attached hydrogens (tertiary/aromatic N) is 1. The van der Waals surface area contributed by atoms with E-state index in [2.05, 4.69) is 17.3 Å². The van der Waals surface area contributed by atoms with E-state index in [-0.39, 0.29) is 0 Å². The molecule has 0 spiro atoms. The van der Waals surface area contributed by atoms with Gasteiger partial charge in [-0.25, -0.2) is 0 Å². The van der Waals surface area contributed by atoms with E-state index in [4.69, 9.17) is 4.74 Å². The summed E-state index contributed by atoms with van der Waals surface area (Å²) >= 11 is 0. The normalized spacial score (nSPS) is 30.9. The zero-order valence-corrected chi connectivity index (χ0v) is 11.3. The van der Waals surface area contributed by atoms with Gasteiger partial charge in [0.1, 0.15) is 0 Å². The minimum Gasteiger partial charge on any atom is -0.378 e. The molecule has 0 bridgehead atoms. The molecule has 2 aliphatic heterocycles. The molecule has 100 valence electrons. The van der Waals surface area contributed by atoms with Gasteiger partial charge >= 0.3 is 0 Å². The first-order valence-electron chi connectivity index (χ1n) is 7.39. The molecule has 17 heavy (non-hydrogen) atoms. The van der Waals surface area contributed by atoms with Crippen LogP contribution in [0.4, 0.5) is 0 Å². The van der Waals surface area contributed by atoms with Crippen molar-refractivity contribution in [2.45, 2.75) is 57.1 Å². The molecule has 2 fully saturated rings. The highest BCUT2D eigenvalue weighted by Crippen LogP contribution is 2.16. The molecule has 2 atom stereocenters. The molecule has 0 aromatic rings. The minimum absolute atomic E-state index is 0.564. The Morgan fingerprint density at radius 3 is 2.94 bits per heavy atom. The quantitative estimate of drug-likeness (QED) is 0.719. The SMILES string of the molecule is CN1CCCCC1CNCCCC1CCCO1. The first-order valence-corrected chi connectivity index (χ1v) is 7.39. The Labute approximate surface area is 106 Å². The van der Waals surface area contributed by atoms with Crippen LogP contribution in [0.25, 0.3) is 0 Å². The predicted octanol–water partition coefficient (Wildman–Crippen LogP) is 2.02. The number of rotatable bonds is 6. The summed E-state index contributed by atoms with van der Waals surface area (Å²) in [5, 5.41) is 3.61. The zero-order valence-electron chi connectivity index (χ0n) is 11.3. The van der Waals surface area contributed by atoms with Gasteiger partial charge in [0.05, 0.1) is 6.10 Å². The van der Waals surface area contributed by atoms with Crippen LogP contribution in [-0.2, 0) is 4.74 Å². The largest absolute Gasteiger partial charge is 0.378 e. The van der Waals surface area contributed by atoms with Crippen molar-refractivity contribution in [1.29, 1.82) is 0 Å². The van der Waals surface area contributed by atoms with Crippen LogP contribution >= 0.6 is 0 Å². The van der Waals surface area contributed by atoms with Gasteiger partial charge in [0.25, 0.3) is 0 Å². The molecule has 0 radical (unpaired) electrons. The lowest BCUT2D eigenvalue weighted by atomic mass is 10.0. The second-order valence-corrected chi connectivity index (χ2v) is 5.61. The Morgan fingerprint density at radius 2 is 2.18 bits per heavy atom. The van der Waals surface area contributed by atoms with Gasteiger partial charge in [-0.2, -0.15) is 0 Å². The summed E-state index contributed by atoms with van der Waals surface area (Å²) in [7, 11) is 2.26. The van der Waals surface area contributed by atoms with E-state index < -0.39 is 0 Å².